The molecule has 96 valence electrons. The van der Waals surface area contributed by atoms with Crippen molar-refractivity contribution >= 4 is 11.4 Å². The maximum absolute atomic E-state index is 10.6. The second-order valence-corrected chi connectivity index (χ2v) is 4.56. The van der Waals surface area contributed by atoms with Gasteiger partial charge in [-0.25, -0.2) is 0 Å². The van der Waals surface area contributed by atoms with Crippen LogP contribution in [0.2, 0.25) is 0 Å². The van der Waals surface area contributed by atoms with E-state index in [-0.39, 0.29) is 5.69 Å². The van der Waals surface area contributed by atoms with Gasteiger partial charge in [0.2, 0.25) is 0 Å². The third kappa shape index (κ3) is 4.06. The van der Waals surface area contributed by atoms with Crippen LogP contribution in [0, 0.1) is 27.4 Å². The van der Waals surface area contributed by atoms with E-state index in [0.29, 0.717) is 17.2 Å². The minimum Gasteiger partial charge on any atom is -0.384 e. The summed E-state index contributed by atoms with van der Waals surface area (Å²) < 4.78 is 0. The summed E-state index contributed by atoms with van der Waals surface area (Å²) in [6, 6.07) is 6.27. The minimum absolute atomic E-state index is 0.0562. The highest BCUT2D eigenvalue weighted by atomic mass is 16.6. The maximum atomic E-state index is 10.6. The summed E-state index contributed by atoms with van der Waals surface area (Å²) in [6.45, 7) is 5.09. The van der Waals surface area contributed by atoms with Crippen LogP contribution in [0.5, 0.6) is 0 Å². The van der Waals surface area contributed by atoms with Crippen LogP contribution in [-0.4, -0.2) is 11.5 Å². The molecule has 1 aromatic carbocycles. The first-order chi connectivity index (χ1) is 8.54. The molecule has 18 heavy (non-hydrogen) atoms. The van der Waals surface area contributed by atoms with Gasteiger partial charge in [0, 0.05) is 18.7 Å². The largest absolute Gasteiger partial charge is 0.384 e. The van der Waals surface area contributed by atoms with Crippen molar-refractivity contribution in [3.63, 3.8) is 0 Å². The molecule has 0 spiro atoms. The molecule has 1 aromatic rings. The average molecular weight is 247 g/mol. The predicted octanol–water partition coefficient (Wildman–Crippen LogP) is 3.31. The highest BCUT2D eigenvalue weighted by Crippen LogP contribution is 2.21. The molecule has 1 rings (SSSR count). The van der Waals surface area contributed by atoms with Gasteiger partial charge >= 0.3 is 0 Å². The molecule has 0 aromatic heterocycles. The monoisotopic (exact) mass is 247 g/mol. The molecule has 0 fully saturated rings. The van der Waals surface area contributed by atoms with Crippen molar-refractivity contribution in [2.24, 2.45) is 5.92 Å². The van der Waals surface area contributed by atoms with Crippen LogP contribution < -0.4 is 5.32 Å². The van der Waals surface area contributed by atoms with E-state index >= 15 is 0 Å². The fraction of sp³-hybridized carbons (Fsp3) is 0.462. The molecule has 0 aliphatic heterocycles. The van der Waals surface area contributed by atoms with Crippen molar-refractivity contribution in [2.45, 2.75) is 26.7 Å². The summed E-state index contributed by atoms with van der Waals surface area (Å²) in [5, 5.41) is 22.7. The lowest BCUT2D eigenvalue weighted by molar-refractivity contribution is -0.384. The predicted molar refractivity (Wildman–Crippen MR) is 70.4 cm³/mol. The third-order valence-electron chi connectivity index (χ3n) is 2.61. The highest BCUT2D eigenvalue weighted by Gasteiger charge is 2.10. The summed E-state index contributed by atoms with van der Waals surface area (Å²) in [5.74, 6) is 0.652. The van der Waals surface area contributed by atoms with Crippen LogP contribution in [-0.2, 0) is 0 Å². The molecule has 0 saturated carbocycles. The van der Waals surface area contributed by atoms with E-state index in [0.717, 1.165) is 19.4 Å². The average Bonchev–Trinajstić information content (AvgIpc) is 2.34. The summed E-state index contributed by atoms with van der Waals surface area (Å²) in [7, 11) is 0. The molecule has 0 heterocycles. The van der Waals surface area contributed by atoms with Gasteiger partial charge in [-0.15, -0.1) is 0 Å². The number of benzene rings is 1. The van der Waals surface area contributed by atoms with E-state index in [1.54, 1.807) is 6.07 Å². The van der Waals surface area contributed by atoms with Gasteiger partial charge in [0.25, 0.3) is 5.69 Å². The number of nitro benzene ring substituents is 1. The Labute approximate surface area is 107 Å². The van der Waals surface area contributed by atoms with Crippen molar-refractivity contribution in [3.8, 4) is 6.07 Å². The first-order valence-electron chi connectivity index (χ1n) is 5.97. The zero-order chi connectivity index (χ0) is 13.5. The van der Waals surface area contributed by atoms with Crippen molar-refractivity contribution < 1.29 is 4.92 Å². The molecule has 0 atom stereocenters. The Hall–Kier alpha value is -2.09. The highest BCUT2D eigenvalue weighted by molar-refractivity contribution is 5.61. The van der Waals surface area contributed by atoms with Crippen LogP contribution in [0.15, 0.2) is 18.2 Å². The van der Waals surface area contributed by atoms with Crippen LogP contribution in [0.4, 0.5) is 11.4 Å². The summed E-state index contributed by atoms with van der Waals surface area (Å²) in [6.07, 6.45) is 2.13. The summed E-state index contributed by atoms with van der Waals surface area (Å²) in [4.78, 5) is 10.1. The molecule has 0 bridgehead atoms. The number of anilines is 1. The number of nitriles is 1. The first kappa shape index (κ1) is 14.0. The van der Waals surface area contributed by atoms with E-state index in [1.165, 1.54) is 12.1 Å². The van der Waals surface area contributed by atoms with Gasteiger partial charge in [-0.2, -0.15) is 5.26 Å². The Morgan fingerprint density at radius 2 is 2.22 bits per heavy atom. The second-order valence-electron chi connectivity index (χ2n) is 4.56. The lowest BCUT2D eigenvalue weighted by Crippen LogP contribution is -2.05. The van der Waals surface area contributed by atoms with Gasteiger partial charge < -0.3 is 5.32 Å². The fourth-order valence-electron chi connectivity index (χ4n) is 1.63. The number of hydrogen-bond acceptors (Lipinski definition) is 4. The van der Waals surface area contributed by atoms with Crippen LogP contribution in [0.1, 0.15) is 32.3 Å². The quantitative estimate of drug-likeness (QED) is 0.475. The Kier molecular flexibility index (Phi) is 5.12. The van der Waals surface area contributed by atoms with Crippen LogP contribution >= 0.6 is 0 Å². The molecule has 0 saturated heterocycles. The summed E-state index contributed by atoms with van der Waals surface area (Å²) in [5.41, 5.74) is 0.917. The number of rotatable bonds is 6. The Bertz CT molecular complexity index is 464. The van der Waals surface area contributed by atoms with Gasteiger partial charge in [0.15, 0.2) is 0 Å². The Morgan fingerprint density at radius 3 is 2.78 bits per heavy atom. The van der Waals surface area contributed by atoms with Gasteiger partial charge in [0.1, 0.15) is 6.07 Å². The lowest BCUT2D eigenvalue weighted by atomic mass is 10.1. The topological polar surface area (TPSA) is 79.0 Å². The fourth-order valence-corrected chi connectivity index (χ4v) is 1.63. The number of hydrogen-bond donors (Lipinski definition) is 1. The third-order valence-corrected chi connectivity index (χ3v) is 2.61. The lowest BCUT2D eigenvalue weighted by Gasteiger charge is -2.09. The molecule has 0 aliphatic rings. The van der Waals surface area contributed by atoms with Crippen molar-refractivity contribution in [1.82, 2.24) is 0 Å². The molecule has 5 nitrogen and oxygen atoms in total. The van der Waals surface area contributed by atoms with Gasteiger partial charge in [0.05, 0.1) is 16.2 Å². The maximum Gasteiger partial charge on any atom is 0.270 e. The smallest absolute Gasteiger partial charge is 0.270 e. The Morgan fingerprint density at radius 1 is 1.50 bits per heavy atom. The van der Waals surface area contributed by atoms with Gasteiger partial charge in [-0.3, -0.25) is 10.1 Å². The molecule has 0 unspecified atom stereocenters. The molecular formula is C13H17N3O2. The molecule has 0 aliphatic carbocycles. The van der Waals surface area contributed by atoms with Crippen LogP contribution in [0.25, 0.3) is 0 Å². The van der Waals surface area contributed by atoms with Gasteiger partial charge in [-0.1, -0.05) is 13.8 Å². The number of non-ortho nitro benzene ring substituents is 1. The van der Waals surface area contributed by atoms with E-state index in [2.05, 4.69) is 19.2 Å². The number of nitrogens with one attached hydrogen (secondary N) is 1. The van der Waals surface area contributed by atoms with Crippen molar-refractivity contribution in [2.75, 3.05) is 11.9 Å². The number of nitro groups is 1. The van der Waals surface area contributed by atoms with E-state index in [1.807, 2.05) is 6.07 Å². The zero-order valence-electron chi connectivity index (χ0n) is 10.6. The second kappa shape index (κ2) is 6.60. The number of nitrogens with zero attached hydrogens (tertiary/aromatic N) is 2. The van der Waals surface area contributed by atoms with Crippen molar-refractivity contribution in [3.05, 3.63) is 33.9 Å². The molecule has 5 heteroatoms. The Balaban J connectivity index is 2.66. The van der Waals surface area contributed by atoms with Crippen molar-refractivity contribution in [1.29, 1.82) is 5.26 Å². The van der Waals surface area contributed by atoms with E-state index < -0.39 is 4.92 Å². The van der Waals surface area contributed by atoms with Crippen LogP contribution in [0.3, 0.4) is 0 Å². The molecular weight excluding hydrogens is 230 g/mol. The normalized spacial score (nSPS) is 10.1. The standard InChI is InChI=1S/C13H17N3O2/c1-10(2)4-3-7-15-13-6-5-12(16(17)18)8-11(13)9-14/h5-6,8,10,15H,3-4,7H2,1-2H3. The molecule has 0 amide bonds. The molecule has 1 N–H and O–H groups in total. The summed E-state index contributed by atoms with van der Waals surface area (Å²) >= 11 is 0. The van der Waals surface area contributed by atoms with E-state index in [4.69, 9.17) is 5.26 Å². The van der Waals surface area contributed by atoms with E-state index in [9.17, 15) is 10.1 Å². The zero-order valence-corrected chi connectivity index (χ0v) is 10.6. The first-order valence-corrected chi connectivity index (χ1v) is 5.97. The minimum atomic E-state index is -0.497. The molecule has 0 radical (unpaired) electrons. The van der Waals surface area contributed by atoms with Gasteiger partial charge in [-0.05, 0) is 24.8 Å². The SMILES string of the molecule is CC(C)CCCNc1ccc([N+](=O)[O-])cc1C#N.